The SMILES string of the molecule is Cc1cc(C)c(C)c(OC2CC(Br)C23CCCC3)c1. The van der Waals surface area contributed by atoms with E-state index in [1.165, 1.54) is 42.4 Å². The van der Waals surface area contributed by atoms with Crippen LogP contribution in [0.5, 0.6) is 5.75 Å². The van der Waals surface area contributed by atoms with Crippen LogP contribution in [0.1, 0.15) is 48.8 Å². The largest absolute Gasteiger partial charge is 0.489 e. The molecule has 1 aromatic carbocycles. The van der Waals surface area contributed by atoms with Gasteiger partial charge < -0.3 is 4.74 Å². The van der Waals surface area contributed by atoms with Gasteiger partial charge in [-0.05, 0) is 62.8 Å². The summed E-state index contributed by atoms with van der Waals surface area (Å²) in [5, 5.41) is 0. The highest BCUT2D eigenvalue weighted by Gasteiger charge is 2.56. The van der Waals surface area contributed by atoms with E-state index in [1.54, 1.807) is 0 Å². The van der Waals surface area contributed by atoms with Gasteiger partial charge in [-0.25, -0.2) is 0 Å². The minimum absolute atomic E-state index is 0.416. The molecule has 2 aliphatic rings. The molecule has 1 spiro atoms. The van der Waals surface area contributed by atoms with Gasteiger partial charge in [0.25, 0.3) is 0 Å². The van der Waals surface area contributed by atoms with Crippen LogP contribution in [0.15, 0.2) is 12.1 Å². The summed E-state index contributed by atoms with van der Waals surface area (Å²) in [7, 11) is 0. The molecule has 0 amide bonds. The summed E-state index contributed by atoms with van der Waals surface area (Å²) < 4.78 is 6.42. The summed E-state index contributed by atoms with van der Waals surface area (Å²) >= 11 is 3.87. The van der Waals surface area contributed by atoms with Crippen molar-refractivity contribution in [3.63, 3.8) is 0 Å². The maximum Gasteiger partial charge on any atom is 0.123 e. The molecule has 2 heteroatoms. The lowest BCUT2D eigenvalue weighted by molar-refractivity contribution is -0.0308. The number of rotatable bonds is 2. The summed E-state index contributed by atoms with van der Waals surface area (Å²) in [6.07, 6.45) is 6.97. The maximum absolute atomic E-state index is 6.42. The first kappa shape index (κ1) is 13.5. The van der Waals surface area contributed by atoms with Gasteiger partial charge in [0.2, 0.25) is 0 Å². The third-order valence-electron chi connectivity index (χ3n) is 5.25. The Kier molecular flexibility index (Phi) is 3.41. The van der Waals surface area contributed by atoms with Crippen LogP contribution in [0, 0.1) is 26.2 Å². The zero-order valence-electron chi connectivity index (χ0n) is 12.1. The Labute approximate surface area is 124 Å². The zero-order chi connectivity index (χ0) is 13.6. The molecule has 0 bridgehead atoms. The summed E-state index contributed by atoms with van der Waals surface area (Å²) in [5.74, 6) is 1.10. The first-order valence-corrected chi connectivity index (χ1v) is 8.33. The number of aryl methyl sites for hydroxylation is 2. The topological polar surface area (TPSA) is 9.23 Å². The third-order valence-corrected chi connectivity index (χ3v) is 6.54. The molecule has 1 aromatic rings. The van der Waals surface area contributed by atoms with Gasteiger partial charge in [0, 0.05) is 10.2 Å². The van der Waals surface area contributed by atoms with Crippen molar-refractivity contribution >= 4 is 15.9 Å². The van der Waals surface area contributed by atoms with E-state index in [2.05, 4.69) is 48.8 Å². The van der Waals surface area contributed by atoms with Crippen LogP contribution in [0.25, 0.3) is 0 Å². The predicted molar refractivity (Wildman–Crippen MR) is 83.3 cm³/mol. The van der Waals surface area contributed by atoms with Crippen LogP contribution >= 0.6 is 15.9 Å². The van der Waals surface area contributed by atoms with Crippen molar-refractivity contribution in [2.75, 3.05) is 0 Å². The summed E-state index contributed by atoms with van der Waals surface area (Å²) in [6.45, 7) is 6.50. The molecule has 0 N–H and O–H groups in total. The smallest absolute Gasteiger partial charge is 0.123 e. The number of alkyl halides is 1. The van der Waals surface area contributed by atoms with Crippen LogP contribution in [0.3, 0.4) is 0 Å². The molecule has 2 saturated carbocycles. The molecule has 2 unspecified atom stereocenters. The van der Waals surface area contributed by atoms with E-state index in [4.69, 9.17) is 4.74 Å². The average Bonchev–Trinajstić information content (AvgIpc) is 2.87. The Hall–Kier alpha value is -0.500. The molecule has 2 atom stereocenters. The van der Waals surface area contributed by atoms with E-state index >= 15 is 0 Å². The van der Waals surface area contributed by atoms with Crippen LogP contribution in [-0.4, -0.2) is 10.9 Å². The summed E-state index contributed by atoms with van der Waals surface area (Å²) in [5.41, 5.74) is 4.36. The van der Waals surface area contributed by atoms with E-state index in [9.17, 15) is 0 Å². The van der Waals surface area contributed by atoms with Gasteiger partial charge in [-0.2, -0.15) is 0 Å². The van der Waals surface area contributed by atoms with Crippen LogP contribution in [-0.2, 0) is 0 Å². The molecule has 0 aromatic heterocycles. The molecule has 0 aliphatic heterocycles. The van der Waals surface area contributed by atoms with E-state index < -0.39 is 0 Å². The van der Waals surface area contributed by atoms with Crippen molar-refractivity contribution < 1.29 is 4.74 Å². The lowest BCUT2D eigenvalue weighted by Gasteiger charge is -2.51. The Balaban J connectivity index is 1.83. The monoisotopic (exact) mass is 322 g/mol. The Bertz CT molecular complexity index is 488. The van der Waals surface area contributed by atoms with E-state index in [1.807, 2.05) is 0 Å². The Morgan fingerprint density at radius 2 is 1.84 bits per heavy atom. The normalized spacial score (nSPS) is 28.4. The minimum Gasteiger partial charge on any atom is -0.489 e. The fourth-order valence-electron chi connectivity index (χ4n) is 3.81. The van der Waals surface area contributed by atoms with Crippen molar-refractivity contribution in [3.05, 3.63) is 28.8 Å². The van der Waals surface area contributed by atoms with Crippen molar-refractivity contribution in [2.45, 2.75) is 63.8 Å². The Morgan fingerprint density at radius 3 is 2.47 bits per heavy atom. The van der Waals surface area contributed by atoms with Crippen molar-refractivity contribution in [2.24, 2.45) is 5.41 Å². The third kappa shape index (κ3) is 2.12. The van der Waals surface area contributed by atoms with E-state index in [0.717, 1.165) is 12.2 Å². The molecule has 2 fully saturated rings. The van der Waals surface area contributed by atoms with Gasteiger partial charge in [0.1, 0.15) is 11.9 Å². The summed E-state index contributed by atoms with van der Waals surface area (Å²) in [6, 6.07) is 4.44. The zero-order valence-corrected chi connectivity index (χ0v) is 13.7. The number of benzene rings is 1. The number of hydrogen-bond donors (Lipinski definition) is 0. The highest BCUT2D eigenvalue weighted by atomic mass is 79.9. The number of halogens is 1. The van der Waals surface area contributed by atoms with E-state index in [0.29, 0.717) is 16.3 Å². The van der Waals surface area contributed by atoms with Gasteiger partial charge >= 0.3 is 0 Å². The minimum atomic E-state index is 0.416. The molecular weight excluding hydrogens is 300 g/mol. The molecule has 0 radical (unpaired) electrons. The highest BCUT2D eigenvalue weighted by Crippen LogP contribution is 2.57. The Morgan fingerprint density at radius 1 is 1.16 bits per heavy atom. The molecule has 3 rings (SSSR count). The van der Waals surface area contributed by atoms with E-state index in [-0.39, 0.29) is 0 Å². The number of ether oxygens (including phenoxy) is 1. The second-order valence-electron chi connectivity index (χ2n) is 6.45. The fourth-order valence-corrected chi connectivity index (χ4v) is 4.90. The predicted octanol–water partition coefficient (Wildman–Crippen LogP) is 5.09. The van der Waals surface area contributed by atoms with Crippen molar-refractivity contribution in [1.29, 1.82) is 0 Å². The quantitative estimate of drug-likeness (QED) is 0.689. The molecule has 0 saturated heterocycles. The first-order valence-electron chi connectivity index (χ1n) is 7.41. The van der Waals surface area contributed by atoms with Crippen molar-refractivity contribution in [1.82, 2.24) is 0 Å². The number of hydrogen-bond acceptors (Lipinski definition) is 1. The molecule has 1 nitrogen and oxygen atoms in total. The molecule has 0 heterocycles. The van der Waals surface area contributed by atoms with Crippen LogP contribution < -0.4 is 4.74 Å². The standard InChI is InChI=1S/C17H23BrO/c1-11-8-12(2)13(3)14(9-11)19-16-10-15(18)17(16)6-4-5-7-17/h8-9,15-16H,4-7,10H2,1-3H3. The molecule has 104 valence electrons. The maximum atomic E-state index is 6.42. The average molecular weight is 323 g/mol. The highest BCUT2D eigenvalue weighted by molar-refractivity contribution is 9.09. The molecule has 2 aliphatic carbocycles. The van der Waals surface area contributed by atoms with Gasteiger partial charge in [-0.15, -0.1) is 0 Å². The van der Waals surface area contributed by atoms with Crippen LogP contribution in [0.2, 0.25) is 0 Å². The first-order chi connectivity index (χ1) is 9.03. The van der Waals surface area contributed by atoms with Gasteiger partial charge in [-0.1, -0.05) is 34.8 Å². The second-order valence-corrected chi connectivity index (χ2v) is 7.56. The molecular formula is C17H23BrO. The fraction of sp³-hybridized carbons (Fsp3) is 0.647. The second kappa shape index (κ2) is 4.80. The lowest BCUT2D eigenvalue weighted by Crippen LogP contribution is -2.55. The summed E-state index contributed by atoms with van der Waals surface area (Å²) in [4.78, 5) is 0.665. The lowest BCUT2D eigenvalue weighted by atomic mass is 9.64. The van der Waals surface area contributed by atoms with Crippen molar-refractivity contribution in [3.8, 4) is 5.75 Å². The van der Waals surface area contributed by atoms with Gasteiger partial charge in [0.05, 0.1) is 0 Å². The van der Waals surface area contributed by atoms with Crippen LogP contribution in [0.4, 0.5) is 0 Å². The van der Waals surface area contributed by atoms with Gasteiger partial charge in [-0.3, -0.25) is 0 Å². The van der Waals surface area contributed by atoms with Gasteiger partial charge in [0.15, 0.2) is 0 Å². The molecule has 19 heavy (non-hydrogen) atoms.